The summed E-state index contributed by atoms with van der Waals surface area (Å²) in [5.74, 6) is 1.36. The van der Waals surface area contributed by atoms with Crippen molar-refractivity contribution in [1.82, 2.24) is 20.2 Å². The van der Waals surface area contributed by atoms with Crippen molar-refractivity contribution in [2.45, 2.75) is 6.42 Å². The maximum absolute atomic E-state index is 5.58. The summed E-state index contributed by atoms with van der Waals surface area (Å²) in [6.45, 7) is 3.79. The molecule has 20 heavy (non-hydrogen) atoms. The van der Waals surface area contributed by atoms with Crippen LogP contribution in [0.5, 0.6) is 0 Å². The predicted molar refractivity (Wildman–Crippen MR) is 73.5 cm³/mol. The summed E-state index contributed by atoms with van der Waals surface area (Å²) in [7, 11) is 0. The third-order valence-corrected chi connectivity index (χ3v) is 3.20. The van der Waals surface area contributed by atoms with Gasteiger partial charge in [-0.25, -0.2) is 9.97 Å². The van der Waals surface area contributed by atoms with Gasteiger partial charge in [0.05, 0.1) is 0 Å². The molecule has 0 unspecified atom stereocenters. The summed E-state index contributed by atoms with van der Waals surface area (Å²) in [6, 6.07) is 2.39. The number of hydrogen-bond donors (Lipinski definition) is 1. The molecule has 3 heterocycles. The lowest BCUT2D eigenvalue weighted by atomic mass is 10.3. The first-order chi connectivity index (χ1) is 9.86. The first kappa shape index (κ1) is 12.8. The van der Waals surface area contributed by atoms with Crippen molar-refractivity contribution < 1.29 is 4.42 Å². The van der Waals surface area contributed by atoms with Crippen molar-refractivity contribution in [3.63, 3.8) is 0 Å². The fraction of sp³-hybridized carbons (Fsp3) is 0.500. The number of nitrogens with two attached hydrogens (primary N) is 1. The van der Waals surface area contributed by atoms with E-state index in [9.17, 15) is 0 Å². The lowest BCUT2D eigenvalue weighted by Crippen LogP contribution is -2.47. The Bertz CT molecular complexity index is 536. The first-order valence-electron chi connectivity index (χ1n) is 6.66. The summed E-state index contributed by atoms with van der Waals surface area (Å²) in [5.41, 5.74) is 5.47. The number of piperazine rings is 1. The summed E-state index contributed by atoms with van der Waals surface area (Å²) < 4.78 is 5.58. The van der Waals surface area contributed by atoms with E-state index in [1.54, 1.807) is 12.4 Å². The van der Waals surface area contributed by atoms with Gasteiger partial charge in [0.25, 0.3) is 0 Å². The summed E-state index contributed by atoms with van der Waals surface area (Å²) in [5, 5.41) is 8.04. The lowest BCUT2D eigenvalue weighted by Gasteiger charge is -2.33. The Hall–Kier alpha value is -2.22. The Balaban J connectivity index is 1.60. The lowest BCUT2D eigenvalue weighted by molar-refractivity contribution is 0.474. The van der Waals surface area contributed by atoms with Crippen LogP contribution < -0.4 is 15.5 Å². The highest BCUT2D eigenvalue weighted by Gasteiger charge is 2.22. The van der Waals surface area contributed by atoms with Gasteiger partial charge in [0.2, 0.25) is 11.8 Å². The number of anilines is 2. The van der Waals surface area contributed by atoms with E-state index < -0.39 is 0 Å². The molecule has 0 atom stereocenters. The maximum Gasteiger partial charge on any atom is 0.318 e. The molecule has 2 aromatic rings. The highest BCUT2D eigenvalue weighted by molar-refractivity contribution is 5.35. The monoisotopic (exact) mass is 275 g/mol. The van der Waals surface area contributed by atoms with Gasteiger partial charge in [-0.2, -0.15) is 0 Å². The average Bonchev–Trinajstić information content (AvgIpc) is 2.97. The van der Waals surface area contributed by atoms with Crippen LogP contribution in [0.4, 0.5) is 12.0 Å². The fourth-order valence-corrected chi connectivity index (χ4v) is 2.15. The van der Waals surface area contributed by atoms with E-state index in [-0.39, 0.29) is 0 Å². The number of nitrogens with zero attached hydrogens (tertiary/aromatic N) is 6. The van der Waals surface area contributed by atoms with E-state index in [1.165, 1.54) is 0 Å². The van der Waals surface area contributed by atoms with Crippen LogP contribution in [0.15, 0.2) is 22.9 Å². The van der Waals surface area contributed by atoms with Gasteiger partial charge in [0.1, 0.15) is 0 Å². The molecule has 1 fully saturated rings. The molecule has 0 aromatic carbocycles. The summed E-state index contributed by atoms with van der Waals surface area (Å²) in [6.07, 6.45) is 4.13. The van der Waals surface area contributed by atoms with Crippen molar-refractivity contribution in [1.29, 1.82) is 0 Å². The SMILES string of the molecule is NCCc1nnc(N2CCN(c3ncccn3)CC2)o1. The van der Waals surface area contributed by atoms with Gasteiger partial charge in [-0.05, 0) is 6.07 Å². The molecule has 0 bridgehead atoms. The van der Waals surface area contributed by atoms with Gasteiger partial charge in [-0.15, -0.1) is 5.10 Å². The molecule has 1 aliphatic rings. The van der Waals surface area contributed by atoms with Crippen molar-refractivity contribution in [2.24, 2.45) is 5.73 Å². The first-order valence-corrected chi connectivity index (χ1v) is 6.66. The highest BCUT2D eigenvalue weighted by atomic mass is 16.4. The zero-order chi connectivity index (χ0) is 13.8. The molecule has 2 N–H and O–H groups in total. The van der Waals surface area contributed by atoms with E-state index in [1.807, 2.05) is 6.07 Å². The van der Waals surface area contributed by atoms with Crippen LogP contribution in [-0.2, 0) is 6.42 Å². The molecule has 1 aliphatic heterocycles. The maximum atomic E-state index is 5.58. The molecule has 0 aliphatic carbocycles. The summed E-state index contributed by atoms with van der Waals surface area (Å²) in [4.78, 5) is 12.7. The highest BCUT2D eigenvalue weighted by Crippen LogP contribution is 2.16. The molecule has 8 nitrogen and oxygen atoms in total. The van der Waals surface area contributed by atoms with Crippen LogP contribution >= 0.6 is 0 Å². The second-order valence-electron chi connectivity index (χ2n) is 4.54. The Labute approximate surface area is 116 Å². The van der Waals surface area contributed by atoms with Gasteiger partial charge in [-0.1, -0.05) is 5.10 Å². The molecule has 3 rings (SSSR count). The average molecular weight is 275 g/mol. The van der Waals surface area contributed by atoms with E-state index in [0.717, 1.165) is 32.1 Å². The van der Waals surface area contributed by atoms with E-state index in [2.05, 4.69) is 30.0 Å². The normalized spacial score (nSPS) is 15.7. The topological polar surface area (TPSA) is 97.2 Å². The van der Waals surface area contributed by atoms with Crippen LogP contribution in [-0.4, -0.2) is 52.9 Å². The van der Waals surface area contributed by atoms with Gasteiger partial charge in [0.15, 0.2) is 0 Å². The molecule has 8 heteroatoms. The van der Waals surface area contributed by atoms with Crippen LogP contribution in [0.3, 0.4) is 0 Å². The van der Waals surface area contributed by atoms with Gasteiger partial charge < -0.3 is 20.0 Å². The van der Waals surface area contributed by atoms with Crippen molar-refractivity contribution >= 4 is 12.0 Å². The third-order valence-electron chi connectivity index (χ3n) is 3.20. The van der Waals surface area contributed by atoms with Crippen molar-refractivity contribution in [2.75, 3.05) is 42.5 Å². The predicted octanol–water partition coefficient (Wildman–Crippen LogP) is -0.313. The molecule has 106 valence electrons. The molecular weight excluding hydrogens is 258 g/mol. The number of aromatic nitrogens is 4. The Kier molecular flexibility index (Phi) is 3.73. The smallest absolute Gasteiger partial charge is 0.318 e. The Morgan fingerprint density at radius 2 is 1.75 bits per heavy atom. The van der Waals surface area contributed by atoms with E-state index in [4.69, 9.17) is 10.2 Å². The quantitative estimate of drug-likeness (QED) is 0.811. The van der Waals surface area contributed by atoms with Gasteiger partial charge in [-0.3, -0.25) is 0 Å². The number of rotatable bonds is 4. The largest absolute Gasteiger partial charge is 0.408 e. The second kappa shape index (κ2) is 5.83. The fourth-order valence-electron chi connectivity index (χ4n) is 2.15. The zero-order valence-corrected chi connectivity index (χ0v) is 11.1. The standard InChI is InChI=1S/C12H17N7O/c13-3-2-10-16-17-12(20-10)19-8-6-18(7-9-19)11-14-4-1-5-15-11/h1,4-5H,2-3,6-9,13H2. The molecule has 0 amide bonds. The molecule has 0 saturated carbocycles. The van der Waals surface area contributed by atoms with E-state index in [0.29, 0.717) is 24.9 Å². The van der Waals surface area contributed by atoms with Crippen molar-refractivity contribution in [3.05, 3.63) is 24.4 Å². The van der Waals surface area contributed by atoms with Crippen molar-refractivity contribution in [3.8, 4) is 0 Å². The minimum atomic E-state index is 0.515. The molecule has 0 radical (unpaired) electrons. The van der Waals surface area contributed by atoms with Crippen LogP contribution in [0, 0.1) is 0 Å². The molecule has 2 aromatic heterocycles. The van der Waals surface area contributed by atoms with Crippen LogP contribution in [0.1, 0.15) is 5.89 Å². The molecule has 0 spiro atoms. The molecule has 1 saturated heterocycles. The Morgan fingerprint density at radius 1 is 1.05 bits per heavy atom. The van der Waals surface area contributed by atoms with Gasteiger partial charge >= 0.3 is 6.01 Å². The van der Waals surface area contributed by atoms with Crippen LogP contribution in [0.25, 0.3) is 0 Å². The third kappa shape index (κ3) is 2.69. The van der Waals surface area contributed by atoms with Crippen LogP contribution in [0.2, 0.25) is 0 Å². The van der Waals surface area contributed by atoms with E-state index >= 15 is 0 Å². The summed E-state index contributed by atoms with van der Waals surface area (Å²) >= 11 is 0. The number of hydrogen-bond acceptors (Lipinski definition) is 8. The Morgan fingerprint density at radius 3 is 2.45 bits per heavy atom. The van der Waals surface area contributed by atoms with Gasteiger partial charge in [0, 0.05) is 51.5 Å². The zero-order valence-electron chi connectivity index (χ0n) is 11.1. The minimum Gasteiger partial charge on any atom is -0.408 e. The molecular formula is C12H17N7O. The second-order valence-corrected chi connectivity index (χ2v) is 4.54. The minimum absolute atomic E-state index is 0.515.